The summed E-state index contributed by atoms with van der Waals surface area (Å²) < 4.78 is 30.0. The Morgan fingerprint density at radius 3 is 2.11 bits per heavy atom. The predicted octanol–water partition coefficient (Wildman–Crippen LogP) is 10.6. The first-order valence-corrected chi connectivity index (χ1v) is 20.6. The SMILES string of the molecule is Cc1cc2cc(N(C(=O)c3ccc4c(c3)nc(-c3ccc5nc(-c6ccccc6)ccc5c3)n4C3CCCCC3)S(C)(=O)=O)ccc2nc1-c1ccccc1. The van der Waals surface area contributed by atoms with Gasteiger partial charge >= 0.3 is 0 Å². The summed E-state index contributed by atoms with van der Waals surface area (Å²) in [4.78, 5) is 29.3. The summed E-state index contributed by atoms with van der Waals surface area (Å²) in [6, 6.07) is 43.2. The molecule has 0 bridgehead atoms. The van der Waals surface area contributed by atoms with Gasteiger partial charge in [-0.05, 0) is 92.1 Å². The van der Waals surface area contributed by atoms with Crippen LogP contribution in [0, 0.1) is 6.92 Å². The molecule has 0 aliphatic heterocycles. The van der Waals surface area contributed by atoms with Crippen LogP contribution in [-0.2, 0) is 10.0 Å². The third-order valence-electron chi connectivity index (χ3n) is 10.7. The lowest BCUT2D eigenvalue weighted by molar-refractivity contribution is 0.101. The van der Waals surface area contributed by atoms with Gasteiger partial charge in [0.25, 0.3) is 5.91 Å². The summed E-state index contributed by atoms with van der Waals surface area (Å²) >= 11 is 0. The number of rotatable bonds is 7. The van der Waals surface area contributed by atoms with E-state index in [-0.39, 0.29) is 17.3 Å². The molecule has 9 heteroatoms. The van der Waals surface area contributed by atoms with E-state index in [9.17, 15) is 13.2 Å². The molecular formula is C46H39N5O3S. The molecule has 0 N–H and O–H groups in total. The standard InChI is InChI=1S/C46H39N5O3S/c1-30-26-36-28-38(21-24-41(36)48-44(30)32-14-8-4-9-15-32)51(55(2,53)54)46(52)35-20-25-43-42(29-35)49-45(50(43)37-16-10-5-11-17-37)34-19-23-40-33(27-34)18-22-39(47-40)31-12-6-3-7-13-31/h3-4,6-9,12-15,18-29,37H,5,10-11,16-17H2,1-2H3. The molecule has 1 amide bonds. The van der Waals surface area contributed by atoms with Gasteiger partial charge in [0.1, 0.15) is 5.82 Å². The van der Waals surface area contributed by atoms with Gasteiger partial charge in [0, 0.05) is 39.1 Å². The number of aryl methyl sites for hydroxylation is 1. The number of fused-ring (bicyclic) bond motifs is 3. The molecule has 0 atom stereocenters. The minimum absolute atomic E-state index is 0.239. The van der Waals surface area contributed by atoms with Gasteiger partial charge in [-0.3, -0.25) is 4.79 Å². The molecule has 0 radical (unpaired) electrons. The minimum Gasteiger partial charge on any atom is -0.321 e. The van der Waals surface area contributed by atoms with E-state index in [1.54, 1.807) is 30.3 Å². The van der Waals surface area contributed by atoms with Crippen LogP contribution in [0.25, 0.3) is 66.7 Å². The molecule has 272 valence electrons. The monoisotopic (exact) mass is 741 g/mol. The number of aromatic nitrogens is 4. The van der Waals surface area contributed by atoms with Crippen molar-refractivity contribution in [2.75, 3.05) is 10.6 Å². The molecule has 3 aromatic heterocycles. The molecule has 0 saturated heterocycles. The molecule has 8 aromatic rings. The molecule has 5 aromatic carbocycles. The first kappa shape index (κ1) is 34.6. The Hall–Kier alpha value is -6.19. The van der Waals surface area contributed by atoms with Gasteiger partial charge in [-0.25, -0.2) is 27.7 Å². The van der Waals surface area contributed by atoms with E-state index in [1.807, 2.05) is 79.7 Å². The molecular weight excluding hydrogens is 703 g/mol. The molecule has 1 fully saturated rings. The number of benzene rings is 5. The van der Waals surface area contributed by atoms with Crippen LogP contribution < -0.4 is 4.31 Å². The highest BCUT2D eigenvalue weighted by Gasteiger charge is 2.29. The van der Waals surface area contributed by atoms with Crippen molar-refractivity contribution in [3.8, 4) is 33.9 Å². The first-order valence-electron chi connectivity index (χ1n) is 18.7. The maximum Gasteiger partial charge on any atom is 0.272 e. The number of pyridine rings is 2. The summed E-state index contributed by atoms with van der Waals surface area (Å²) in [6.45, 7) is 1.98. The Morgan fingerprint density at radius 1 is 0.655 bits per heavy atom. The molecule has 1 aliphatic carbocycles. The third-order valence-corrected chi connectivity index (χ3v) is 11.7. The Kier molecular flexibility index (Phi) is 8.74. The molecule has 3 heterocycles. The molecule has 0 unspecified atom stereocenters. The number of amides is 1. The summed E-state index contributed by atoms with van der Waals surface area (Å²) in [5.74, 6) is 0.182. The van der Waals surface area contributed by atoms with Gasteiger partial charge in [0.05, 0.1) is 45.4 Å². The quantitative estimate of drug-likeness (QED) is 0.161. The van der Waals surface area contributed by atoms with Crippen molar-refractivity contribution in [1.29, 1.82) is 0 Å². The maximum absolute atomic E-state index is 14.3. The summed E-state index contributed by atoms with van der Waals surface area (Å²) in [6.07, 6.45) is 6.63. The van der Waals surface area contributed by atoms with E-state index < -0.39 is 15.9 Å². The number of imidazole rings is 1. The zero-order chi connectivity index (χ0) is 37.7. The fourth-order valence-electron chi connectivity index (χ4n) is 8.04. The average Bonchev–Trinajstić information content (AvgIpc) is 3.60. The van der Waals surface area contributed by atoms with Crippen molar-refractivity contribution < 1.29 is 13.2 Å². The smallest absolute Gasteiger partial charge is 0.272 e. The van der Waals surface area contributed by atoms with Crippen molar-refractivity contribution in [3.63, 3.8) is 0 Å². The van der Waals surface area contributed by atoms with Crippen LogP contribution in [0.4, 0.5) is 5.69 Å². The number of hydrogen-bond acceptors (Lipinski definition) is 6. The molecule has 9 rings (SSSR count). The largest absolute Gasteiger partial charge is 0.321 e. The Bertz CT molecular complexity index is 2870. The van der Waals surface area contributed by atoms with E-state index in [4.69, 9.17) is 15.0 Å². The van der Waals surface area contributed by atoms with Crippen LogP contribution in [0.15, 0.2) is 133 Å². The highest BCUT2D eigenvalue weighted by molar-refractivity contribution is 7.92. The van der Waals surface area contributed by atoms with Gasteiger partial charge < -0.3 is 4.57 Å². The van der Waals surface area contributed by atoms with E-state index in [0.717, 1.165) is 97.5 Å². The van der Waals surface area contributed by atoms with E-state index in [0.29, 0.717) is 11.0 Å². The normalized spacial score (nSPS) is 13.8. The second-order valence-electron chi connectivity index (χ2n) is 14.5. The fraction of sp³-hybridized carbons (Fsp3) is 0.174. The van der Waals surface area contributed by atoms with Crippen molar-refractivity contribution >= 4 is 54.5 Å². The number of carbonyl (C=O) groups is 1. The van der Waals surface area contributed by atoms with Crippen LogP contribution in [0.1, 0.15) is 54.1 Å². The lowest BCUT2D eigenvalue weighted by atomic mass is 9.94. The Morgan fingerprint density at radius 2 is 1.36 bits per heavy atom. The average molecular weight is 742 g/mol. The molecule has 1 saturated carbocycles. The highest BCUT2D eigenvalue weighted by atomic mass is 32.2. The van der Waals surface area contributed by atoms with Crippen LogP contribution in [0.2, 0.25) is 0 Å². The van der Waals surface area contributed by atoms with Crippen molar-refractivity contribution in [2.45, 2.75) is 45.1 Å². The zero-order valence-electron chi connectivity index (χ0n) is 30.7. The Labute approximate surface area is 320 Å². The van der Waals surface area contributed by atoms with Gasteiger partial charge in [-0.1, -0.05) is 86.0 Å². The summed E-state index contributed by atoms with van der Waals surface area (Å²) in [5, 5.41) is 1.75. The lowest BCUT2D eigenvalue weighted by Crippen LogP contribution is -2.36. The summed E-state index contributed by atoms with van der Waals surface area (Å²) in [5.41, 5.74) is 9.41. The zero-order valence-corrected chi connectivity index (χ0v) is 31.5. The molecule has 1 aliphatic rings. The molecule has 55 heavy (non-hydrogen) atoms. The lowest BCUT2D eigenvalue weighted by Gasteiger charge is -2.26. The van der Waals surface area contributed by atoms with Crippen LogP contribution in [0.3, 0.4) is 0 Å². The van der Waals surface area contributed by atoms with E-state index >= 15 is 0 Å². The van der Waals surface area contributed by atoms with Crippen LogP contribution >= 0.6 is 0 Å². The fourth-order valence-corrected chi connectivity index (χ4v) is 8.94. The molecule has 8 nitrogen and oxygen atoms in total. The van der Waals surface area contributed by atoms with Crippen LogP contribution in [-0.4, -0.2) is 40.1 Å². The van der Waals surface area contributed by atoms with Gasteiger partial charge in [-0.15, -0.1) is 0 Å². The van der Waals surface area contributed by atoms with Crippen molar-refractivity contribution in [3.05, 3.63) is 145 Å². The number of nitrogens with zero attached hydrogens (tertiary/aromatic N) is 5. The van der Waals surface area contributed by atoms with Gasteiger partial charge in [0.2, 0.25) is 10.0 Å². The number of hydrogen-bond donors (Lipinski definition) is 0. The maximum atomic E-state index is 14.3. The number of anilines is 1. The molecule has 0 spiro atoms. The van der Waals surface area contributed by atoms with Gasteiger partial charge in [-0.2, -0.15) is 0 Å². The Balaban J connectivity index is 1.10. The van der Waals surface area contributed by atoms with Gasteiger partial charge in [0.15, 0.2) is 0 Å². The van der Waals surface area contributed by atoms with Crippen molar-refractivity contribution in [1.82, 2.24) is 19.5 Å². The summed E-state index contributed by atoms with van der Waals surface area (Å²) in [7, 11) is -4.02. The second kappa shape index (κ2) is 13.9. The van der Waals surface area contributed by atoms with Crippen LogP contribution in [0.5, 0.6) is 0 Å². The minimum atomic E-state index is -4.02. The topological polar surface area (TPSA) is 98.0 Å². The predicted molar refractivity (Wildman–Crippen MR) is 222 cm³/mol. The highest BCUT2D eigenvalue weighted by Crippen LogP contribution is 2.38. The number of carbonyl (C=O) groups excluding carboxylic acids is 1. The third kappa shape index (κ3) is 6.55. The van der Waals surface area contributed by atoms with E-state index in [1.165, 1.54) is 6.42 Å². The second-order valence-corrected chi connectivity index (χ2v) is 16.3. The number of sulfonamides is 1. The van der Waals surface area contributed by atoms with E-state index in [2.05, 4.69) is 34.9 Å². The van der Waals surface area contributed by atoms with Crippen molar-refractivity contribution in [2.24, 2.45) is 0 Å². The first-order chi connectivity index (χ1) is 26.7.